The number of benzene rings is 2. The van der Waals surface area contributed by atoms with E-state index < -0.39 is 0 Å². The fourth-order valence-electron chi connectivity index (χ4n) is 2.99. The second-order valence-electron chi connectivity index (χ2n) is 6.13. The molecule has 1 atom stereocenters. The van der Waals surface area contributed by atoms with E-state index in [0.29, 0.717) is 0 Å². The van der Waals surface area contributed by atoms with Gasteiger partial charge in [-0.3, -0.25) is 4.79 Å². The quantitative estimate of drug-likeness (QED) is 0.676. The lowest BCUT2D eigenvalue weighted by Crippen LogP contribution is -2.33. The molecule has 1 aliphatic rings. The molecule has 0 bridgehead atoms. The summed E-state index contributed by atoms with van der Waals surface area (Å²) in [6, 6.07) is 16.3. The number of carbonyl (C=O) groups excluding carboxylic acids is 1. The van der Waals surface area contributed by atoms with Crippen LogP contribution in [0.3, 0.4) is 0 Å². The Labute approximate surface area is 142 Å². The summed E-state index contributed by atoms with van der Waals surface area (Å²) in [6.07, 6.45) is 4.76. The monoisotopic (exact) mass is 322 g/mol. The first-order valence-corrected chi connectivity index (χ1v) is 8.31. The molecule has 124 valence electrons. The van der Waals surface area contributed by atoms with Crippen molar-refractivity contribution in [2.75, 3.05) is 6.61 Å². The Hall–Kier alpha value is -2.62. The number of oxime groups is 1. The molecule has 3 rings (SSSR count). The zero-order valence-electron chi connectivity index (χ0n) is 13.9. The topological polar surface area (TPSA) is 50.7 Å². The van der Waals surface area contributed by atoms with Gasteiger partial charge in [-0.15, -0.1) is 0 Å². The third kappa shape index (κ3) is 4.22. The van der Waals surface area contributed by atoms with Crippen LogP contribution in [0.1, 0.15) is 41.1 Å². The number of hydrogen-bond donors (Lipinski definition) is 1. The molecule has 1 aliphatic carbocycles. The molecule has 0 saturated carbocycles. The van der Waals surface area contributed by atoms with Gasteiger partial charge in [0.05, 0.1) is 12.3 Å². The maximum atomic E-state index is 12.1. The highest BCUT2D eigenvalue weighted by atomic mass is 16.6. The second-order valence-corrected chi connectivity index (χ2v) is 6.13. The number of nitrogens with one attached hydrogen (secondary N) is 1. The van der Waals surface area contributed by atoms with Gasteiger partial charge in [-0.1, -0.05) is 59.3 Å². The first kappa shape index (κ1) is 16.2. The maximum absolute atomic E-state index is 12.1. The van der Waals surface area contributed by atoms with Gasteiger partial charge in [0.15, 0.2) is 6.61 Å². The average Bonchev–Trinajstić information content (AvgIpc) is 2.61. The van der Waals surface area contributed by atoms with Crippen LogP contribution in [0, 0.1) is 6.92 Å². The Bertz CT molecular complexity index is 723. The van der Waals surface area contributed by atoms with Crippen molar-refractivity contribution in [3.05, 3.63) is 70.8 Å². The van der Waals surface area contributed by atoms with E-state index >= 15 is 0 Å². The lowest BCUT2D eigenvalue weighted by Gasteiger charge is -2.26. The third-order valence-electron chi connectivity index (χ3n) is 4.25. The van der Waals surface area contributed by atoms with Crippen LogP contribution in [0.4, 0.5) is 0 Å². The summed E-state index contributed by atoms with van der Waals surface area (Å²) in [5.41, 5.74) is 4.69. The minimum atomic E-state index is -0.141. The van der Waals surface area contributed by atoms with Gasteiger partial charge in [0, 0.05) is 0 Å². The zero-order valence-corrected chi connectivity index (χ0v) is 13.9. The molecule has 0 aliphatic heterocycles. The molecule has 2 aromatic rings. The van der Waals surface area contributed by atoms with E-state index in [0.717, 1.165) is 24.8 Å². The van der Waals surface area contributed by atoms with Crippen LogP contribution >= 0.6 is 0 Å². The van der Waals surface area contributed by atoms with Crippen molar-refractivity contribution >= 4 is 12.1 Å². The largest absolute Gasteiger partial charge is 0.386 e. The van der Waals surface area contributed by atoms with Gasteiger partial charge in [-0.05, 0) is 42.9 Å². The lowest BCUT2D eigenvalue weighted by atomic mass is 9.88. The highest BCUT2D eigenvalue weighted by molar-refractivity contribution is 5.80. The van der Waals surface area contributed by atoms with Crippen molar-refractivity contribution < 1.29 is 9.63 Å². The Morgan fingerprint density at radius 1 is 1.25 bits per heavy atom. The van der Waals surface area contributed by atoms with E-state index in [9.17, 15) is 4.79 Å². The van der Waals surface area contributed by atoms with Crippen molar-refractivity contribution in [3.8, 4) is 0 Å². The maximum Gasteiger partial charge on any atom is 0.261 e. The summed E-state index contributed by atoms with van der Waals surface area (Å²) in [4.78, 5) is 17.2. The van der Waals surface area contributed by atoms with E-state index in [-0.39, 0.29) is 18.6 Å². The van der Waals surface area contributed by atoms with Gasteiger partial charge in [-0.2, -0.15) is 0 Å². The van der Waals surface area contributed by atoms with Gasteiger partial charge in [0.1, 0.15) is 0 Å². The van der Waals surface area contributed by atoms with Crippen molar-refractivity contribution in [1.29, 1.82) is 0 Å². The SMILES string of the molecule is Cc1ccc(/C=N\OCC(=O)N[C@H]2CCCc3ccccc32)cc1. The van der Waals surface area contributed by atoms with Gasteiger partial charge in [-0.25, -0.2) is 0 Å². The fourth-order valence-corrected chi connectivity index (χ4v) is 2.99. The van der Waals surface area contributed by atoms with E-state index in [4.69, 9.17) is 4.84 Å². The molecule has 1 amide bonds. The molecule has 0 heterocycles. The number of rotatable bonds is 5. The van der Waals surface area contributed by atoms with Crippen molar-refractivity contribution in [2.24, 2.45) is 5.16 Å². The minimum Gasteiger partial charge on any atom is -0.386 e. The molecule has 0 radical (unpaired) electrons. The van der Waals surface area contributed by atoms with E-state index in [1.807, 2.05) is 43.3 Å². The number of fused-ring (bicyclic) bond motifs is 1. The number of amides is 1. The summed E-state index contributed by atoms with van der Waals surface area (Å²) in [5.74, 6) is -0.141. The standard InChI is InChI=1S/C20H22N2O2/c1-15-9-11-16(12-10-15)13-21-24-14-20(23)22-19-8-4-6-17-5-2-3-7-18(17)19/h2-3,5,7,9-13,19H,4,6,8,14H2,1H3,(H,22,23)/b21-13-/t19-/m0/s1. The number of carbonyl (C=O) groups is 1. The number of hydrogen-bond acceptors (Lipinski definition) is 3. The van der Waals surface area contributed by atoms with Crippen LogP contribution < -0.4 is 5.32 Å². The zero-order chi connectivity index (χ0) is 16.8. The van der Waals surface area contributed by atoms with E-state index in [1.165, 1.54) is 16.7 Å². The smallest absolute Gasteiger partial charge is 0.261 e. The van der Waals surface area contributed by atoms with Gasteiger partial charge < -0.3 is 10.2 Å². The van der Waals surface area contributed by atoms with Gasteiger partial charge in [0.25, 0.3) is 5.91 Å². The molecule has 0 saturated heterocycles. The highest BCUT2D eigenvalue weighted by Crippen LogP contribution is 2.29. The molecule has 4 nitrogen and oxygen atoms in total. The van der Waals surface area contributed by atoms with Crippen LogP contribution in [0.15, 0.2) is 53.7 Å². The average molecular weight is 322 g/mol. The van der Waals surface area contributed by atoms with Crippen LogP contribution in [0.25, 0.3) is 0 Å². The minimum absolute atomic E-state index is 0.0684. The van der Waals surface area contributed by atoms with Gasteiger partial charge >= 0.3 is 0 Å². The van der Waals surface area contributed by atoms with Crippen LogP contribution in [-0.4, -0.2) is 18.7 Å². The summed E-state index contributed by atoms with van der Waals surface area (Å²) in [7, 11) is 0. The summed E-state index contributed by atoms with van der Waals surface area (Å²) < 4.78 is 0. The summed E-state index contributed by atoms with van der Waals surface area (Å²) in [6.45, 7) is 1.96. The first-order valence-electron chi connectivity index (χ1n) is 8.31. The van der Waals surface area contributed by atoms with Crippen LogP contribution in [-0.2, 0) is 16.1 Å². The molecule has 0 fully saturated rings. The lowest BCUT2D eigenvalue weighted by molar-refractivity contribution is -0.126. The molecule has 2 aromatic carbocycles. The highest BCUT2D eigenvalue weighted by Gasteiger charge is 2.21. The predicted octanol–water partition coefficient (Wildman–Crippen LogP) is 3.54. The molecule has 0 spiro atoms. The fraction of sp³-hybridized carbons (Fsp3) is 0.300. The first-order chi connectivity index (χ1) is 11.7. The van der Waals surface area contributed by atoms with E-state index in [2.05, 4.69) is 22.6 Å². The van der Waals surface area contributed by atoms with Crippen LogP contribution in [0.2, 0.25) is 0 Å². The Balaban J connectivity index is 1.49. The second kappa shape index (κ2) is 7.77. The molecule has 0 unspecified atom stereocenters. The van der Waals surface area contributed by atoms with Gasteiger partial charge in [0.2, 0.25) is 0 Å². The molecular weight excluding hydrogens is 300 g/mol. The molecule has 0 aromatic heterocycles. The Kier molecular flexibility index (Phi) is 5.26. The van der Waals surface area contributed by atoms with Crippen molar-refractivity contribution in [1.82, 2.24) is 5.32 Å². The summed E-state index contributed by atoms with van der Waals surface area (Å²) >= 11 is 0. The third-order valence-corrected chi connectivity index (χ3v) is 4.25. The van der Waals surface area contributed by atoms with Crippen molar-refractivity contribution in [2.45, 2.75) is 32.2 Å². The van der Waals surface area contributed by atoms with E-state index in [1.54, 1.807) is 6.21 Å². The molecule has 1 N–H and O–H groups in total. The van der Waals surface area contributed by atoms with Crippen molar-refractivity contribution in [3.63, 3.8) is 0 Å². The number of nitrogens with zero attached hydrogens (tertiary/aromatic N) is 1. The normalized spacial score (nSPS) is 16.6. The molecule has 4 heteroatoms. The molecular formula is C20H22N2O2. The Morgan fingerprint density at radius 3 is 2.88 bits per heavy atom. The Morgan fingerprint density at radius 2 is 2.04 bits per heavy atom. The summed E-state index contributed by atoms with van der Waals surface area (Å²) in [5, 5.41) is 6.91. The predicted molar refractivity (Wildman–Crippen MR) is 95.0 cm³/mol. The number of aryl methyl sites for hydroxylation is 2. The van der Waals surface area contributed by atoms with Crippen LogP contribution in [0.5, 0.6) is 0 Å². The molecule has 24 heavy (non-hydrogen) atoms.